The molecule has 1 rings (SSSR count). The topological polar surface area (TPSA) is 71.6 Å². The average Bonchev–Trinajstić information content (AvgIpc) is 2.75. The first-order valence-electron chi connectivity index (χ1n) is 7.12. The standard InChI is InChI=1S/C15H24N2O4/c1-6-17(7-2)14(18)13-10(3)12(11(4)16-13)15(19)21-9-8-20-5/h16H,6-9H2,1-5H3. The van der Waals surface area contributed by atoms with Crippen molar-refractivity contribution in [2.45, 2.75) is 27.7 Å². The number of aromatic nitrogens is 1. The van der Waals surface area contributed by atoms with Crippen molar-refractivity contribution >= 4 is 11.9 Å². The van der Waals surface area contributed by atoms with E-state index >= 15 is 0 Å². The number of amides is 1. The molecule has 0 saturated carbocycles. The minimum absolute atomic E-state index is 0.100. The van der Waals surface area contributed by atoms with E-state index in [1.807, 2.05) is 13.8 Å². The number of aryl methyl sites for hydroxylation is 1. The van der Waals surface area contributed by atoms with Crippen molar-refractivity contribution < 1.29 is 19.1 Å². The number of carbonyl (C=O) groups is 2. The van der Waals surface area contributed by atoms with Gasteiger partial charge in [-0.2, -0.15) is 0 Å². The number of carbonyl (C=O) groups excluding carboxylic acids is 2. The number of ether oxygens (including phenoxy) is 2. The maximum atomic E-state index is 12.4. The van der Waals surface area contributed by atoms with E-state index in [9.17, 15) is 9.59 Å². The lowest BCUT2D eigenvalue weighted by Gasteiger charge is -2.18. The number of H-pyrrole nitrogens is 1. The Morgan fingerprint density at radius 2 is 1.76 bits per heavy atom. The Balaban J connectivity index is 2.99. The Morgan fingerprint density at radius 1 is 1.14 bits per heavy atom. The zero-order chi connectivity index (χ0) is 16.0. The van der Waals surface area contributed by atoms with E-state index < -0.39 is 5.97 Å². The molecular formula is C15H24N2O4. The van der Waals surface area contributed by atoms with Crippen LogP contribution >= 0.6 is 0 Å². The molecule has 0 aliphatic heterocycles. The molecule has 1 heterocycles. The number of rotatable bonds is 7. The van der Waals surface area contributed by atoms with Crippen LogP contribution < -0.4 is 0 Å². The molecule has 0 aliphatic carbocycles. The van der Waals surface area contributed by atoms with Gasteiger partial charge in [0.2, 0.25) is 0 Å². The van der Waals surface area contributed by atoms with Gasteiger partial charge in [0.25, 0.3) is 5.91 Å². The third-order valence-corrected chi connectivity index (χ3v) is 3.43. The van der Waals surface area contributed by atoms with Crippen LogP contribution in [0.2, 0.25) is 0 Å². The lowest BCUT2D eigenvalue weighted by atomic mass is 10.1. The first-order valence-corrected chi connectivity index (χ1v) is 7.12. The van der Waals surface area contributed by atoms with Crippen LogP contribution in [0.4, 0.5) is 0 Å². The van der Waals surface area contributed by atoms with Gasteiger partial charge >= 0.3 is 5.97 Å². The molecule has 1 aromatic heterocycles. The normalized spacial score (nSPS) is 10.5. The maximum absolute atomic E-state index is 12.4. The number of hydrogen-bond donors (Lipinski definition) is 1. The van der Waals surface area contributed by atoms with Crippen molar-refractivity contribution in [2.24, 2.45) is 0 Å². The lowest BCUT2D eigenvalue weighted by molar-refractivity contribution is 0.0387. The summed E-state index contributed by atoms with van der Waals surface area (Å²) in [6.45, 7) is 9.16. The van der Waals surface area contributed by atoms with Crippen LogP contribution in [0.15, 0.2) is 0 Å². The van der Waals surface area contributed by atoms with Crippen LogP contribution in [0.25, 0.3) is 0 Å². The maximum Gasteiger partial charge on any atom is 0.340 e. The van der Waals surface area contributed by atoms with Gasteiger partial charge in [-0.1, -0.05) is 0 Å². The Bertz CT molecular complexity index is 504. The third-order valence-electron chi connectivity index (χ3n) is 3.43. The number of nitrogens with zero attached hydrogens (tertiary/aromatic N) is 1. The number of aromatic amines is 1. The first kappa shape index (κ1) is 17.2. The van der Waals surface area contributed by atoms with Gasteiger partial charge in [-0.25, -0.2) is 4.79 Å². The highest BCUT2D eigenvalue weighted by Gasteiger charge is 2.24. The first-order chi connectivity index (χ1) is 9.97. The molecular weight excluding hydrogens is 272 g/mol. The zero-order valence-corrected chi connectivity index (χ0v) is 13.4. The van der Waals surface area contributed by atoms with Crippen LogP contribution in [0.5, 0.6) is 0 Å². The SMILES string of the molecule is CCN(CC)C(=O)c1[nH]c(C)c(C(=O)OCCOC)c1C. The second-order valence-corrected chi connectivity index (χ2v) is 4.73. The number of esters is 1. The van der Waals surface area contributed by atoms with Crippen LogP contribution in [0, 0.1) is 13.8 Å². The largest absolute Gasteiger partial charge is 0.460 e. The Labute approximate surface area is 125 Å². The van der Waals surface area contributed by atoms with Crippen LogP contribution in [0.1, 0.15) is 46.0 Å². The van der Waals surface area contributed by atoms with Crippen molar-refractivity contribution in [3.63, 3.8) is 0 Å². The molecule has 1 amide bonds. The molecule has 1 aromatic rings. The molecule has 0 atom stereocenters. The van der Waals surface area contributed by atoms with Crippen molar-refractivity contribution in [1.82, 2.24) is 9.88 Å². The summed E-state index contributed by atoms with van der Waals surface area (Å²) in [5.74, 6) is -0.534. The minimum atomic E-state index is -0.433. The zero-order valence-electron chi connectivity index (χ0n) is 13.4. The highest BCUT2D eigenvalue weighted by molar-refractivity contribution is 6.00. The van der Waals surface area contributed by atoms with E-state index in [0.29, 0.717) is 42.2 Å². The fourth-order valence-electron chi connectivity index (χ4n) is 2.23. The fraction of sp³-hybridized carbons (Fsp3) is 0.600. The summed E-state index contributed by atoms with van der Waals surface area (Å²) in [4.78, 5) is 29.2. The van der Waals surface area contributed by atoms with Crippen LogP contribution in [-0.2, 0) is 9.47 Å². The van der Waals surface area contributed by atoms with E-state index in [0.717, 1.165) is 0 Å². The van der Waals surface area contributed by atoms with E-state index in [1.165, 1.54) is 0 Å². The molecule has 0 spiro atoms. The van der Waals surface area contributed by atoms with Crippen LogP contribution in [-0.4, -0.2) is 55.2 Å². The quantitative estimate of drug-likeness (QED) is 0.616. The Morgan fingerprint density at radius 3 is 2.29 bits per heavy atom. The van der Waals surface area contributed by atoms with E-state index in [4.69, 9.17) is 9.47 Å². The highest BCUT2D eigenvalue weighted by atomic mass is 16.6. The molecule has 6 heteroatoms. The van der Waals surface area contributed by atoms with Gasteiger partial charge in [0.1, 0.15) is 12.3 Å². The molecule has 0 bridgehead atoms. The molecule has 0 saturated heterocycles. The van der Waals surface area contributed by atoms with Crippen molar-refractivity contribution in [3.8, 4) is 0 Å². The molecule has 21 heavy (non-hydrogen) atoms. The van der Waals surface area contributed by atoms with Gasteiger partial charge in [0.05, 0.1) is 12.2 Å². The third kappa shape index (κ3) is 3.85. The highest BCUT2D eigenvalue weighted by Crippen LogP contribution is 2.20. The smallest absolute Gasteiger partial charge is 0.340 e. The summed E-state index contributed by atoms with van der Waals surface area (Å²) in [6.07, 6.45) is 0. The summed E-state index contributed by atoms with van der Waals surface area (Å²) in [5, 5.41) is 0. The van der Waals surface area contributed by atoms with Crippen molar-refractivity contribution in [3.05, 3.63) is 22.5 Å². The summed E-state index contributed by atoms with van der Waals surface area (Å²) in [6, 6.07) is 0. The van der Waals surface area contributed by atoms with Gasteiger partial charge in [-0.3, -0.25) is 4.79 Å². The molecule has 0 radical (unpaired) electrons. The van der Waals surface area contributed by atoms with E-state index in [1.54, 1.807) is 25.9 Å². The van der Waals surface area contributed by atoms with Gasteiger partial charge in [0.15, 0.2) is 0 Å². The van der Waals surface area contributed by atoms with Gasteiger partial charge in [0, 0.05) is 25.9 Å². The molecule has 0 aromatic carbocycles. The van der Waals surface area contributed by atoms with Gasteiger partial charge < -0.3 is 19.4 Å². The van der Waals surface area contributed by atoms with Crippen LogP contribution in [0.3, 0.4) is 0 Å². The van der Waals surface area contributed by atoms with Gasteiger partial charge in [-0.15, -0.1) is 0 Å². The second-order valence-electron chi connectivity index (χ2n) is 4.73. The fourth-order valence-corrected chi connectivity index (χ4v) is 2.23. The molecule has 0 aliphatic rings. The summed E-state index contributed by atoms with van der Waals surface area (Å²) in [5.41, 5.74) is 2.16. The summed E-state index contributed by atoms with van der Waals surface area (Å²) < 4.78 is 9.97. The monoisotopic (exact) mass is 296 g/mol. The minimum Gasteiger partial charge on any atom is -0.460 e. The Kier molecular flexibility index (Phi) is 6.42. The number of methoxy groups -OCH3 is 1. The molecule has 6 nitrogen and oxygen atoms in total. The number of hydrogen-bond acceptors (Lipinski definition) is 4. The Hall–Kier alpha value is -1.82. The second kappa shape index (κ2) is 7.83. The van der Waals surface area contributed by atoms with Crippen molar-refractivity contribution in [2.75, 3.05) is 33.4 Å². The van der Waals surface area contributed by atoms with E-state index in [2.05, 4.69) is 4.98 Å². The molecule has 0 fully saturated rings. The van der Waals surface area contributed by atoms with Crippen molar-refractivity contribution in [1.29, 1.82) is 0 Å². The molecule has 1 N–H and O–H groups in total. The van der Waals surface area contributed by atoms with Gasteiger partial charge in [-0.05, 0) is 33.3 Å². The molecule has 118 valence electrons. The average molecular weight is 296 g/mol. The lowest BCUT2D eigenvalue weighted by Crippen LogP contribution is -2.31. The predicted octanol–water partition coefficient (Wildman–Crippen LogP) is 1.92. The van der Waals surface area contributed by atoms with E-state index in [-0.39, 0.29) is 12.5 Å². The predicted molar refractivity (Wildman–Crippen MR) is 79.7 cm³/mol. The number of nitrogens with one attached hydrogen (secondary N) is 1. The molecule has 0 unspecified atom stereocenters. The summed E-state index contributed by atoms with van der Waals surface area (Å²) >= 11 is 0. The summed E-state index contributed by atoms with van der Waals surface area (Å²) in [7, 11) is 1.54.